The summed E-state index contributed by atoms with van der Waals surface area (Å²) >= 11 is 1.71. The number of hydrogen-bond acceptors (Lipinski definition) is 4. The van der Waals surface area contributed by atoms with Crippen molar-refractivity contribution in [3.63, 3.8) is 0 Å². The Morgan fingerprint density at radius 2 is 2.00 bits per heavy atom. The van der Waals surface area contributed by atoms with E-state index in [9.17, 15) is 4.79 Å². The fourth-order valence-electron chi connectivity index (χ4n) is 3.33. The first-order chi connectivity index (χ1) is 11.7. The van der Waals surface area contributed by atoms with Crippen LogP contribution in [0.5, 0.6) is 0 Å². The summed E-state index contributed by atoms with van der Waals surface area (Å²) in [4.78, 5) is 23.6. The van der Waals surface area contributed by atoms with Gasteiger partial charge >= 0.3 is 0 Å². The number of nitrogens with zero attached hydrogens (tertiary/aromatic N) is 3. The number of hydrogen-bond donors (Lipinski definition) is 0. The molecule has 2 aromatic heterocycles. The molecule has 0 spiro atoms. The number of aromatic nitrogens is 2. The molecule has 3 aromatic rings. The summed E-state index contributed by atoms with van der Waals surface area (Å²) < 4.78 is 0. The van der Waals surface area contributed by atoms with Crippen LogP contribution in [-0.2, 0) is 5.41 Å². The van der Waals surface area contributed by atoms with E-state index < -0.39 is 0 Å². The van der Waals surface area contributed by atoms with Gasteiger partial charge in [-0.25, -0.2) is 4.98 Å². The van der Waals surface area contributed by atoms with E-state index in [0.717, 1.165) is 42.4 Å². The molecule has 3 heterocycles. The van der Waals surface area contributed by atoms with Gasteiger partial charge in [0.15, 0.2) is 0 Å². The van der Waals surface area contributed by atoms with E-state index in [1.807, 2.05) is 46.8 Å². The smallest absolute Gasteiger partial charge is 0.253 e. The molecule has 1 aromatic carbocycles. The summed E-state index contributed by atoms with van der Waals surface area (Å²) in [5, 5.41) is 4.22. The van der Waals surface area contributed by atoms with Crippen molar-refractivity contribution in [1.82, 2.24) is 14.9 Å². The number of likely N-dealkylation sites (tertiary alicyclic amines) is 1. The molecule has 5 heteroatoms. The van der Waals surface area contributed by atoms with Crippen LogP contribution in [0, 0.1) is 0 Å². The number of fused-ring (bicyclic) bond motifs is 1. The lowest BCUT2D eigenvalue weighted by Gasteiger charge is -2.38. The van der Waals surface area contributed by atoms with Gasteiger partial charge < -0.3 is 4.90 Å². The molecule has 0 saturated carbocycles. The van der Waals surface area contributed by atoms with Crippen molar-refractivity contribution in [2.75, 3.05) is 13.1 Å². The number of carbonyl (C=O) groups is 1. The lowest BCUT2D eigenvalue weighted by atomic mass is 9.81. The highest BCUT2D eigenvalue weighted by Gasteiger charge is 2.35. The van der Waals surface area contributed by atoms with Crippen LogP contribution >= 0.6 is 11.3 Å². The highest BCUT2D eigenvalue weighted by atomic mass is 32.1. The van der Waals surface area contributed by atoms with Gasteiger partial charge in [-0.1, -0.05) is 13.0 Å². The molecule has 4 rings (SSSR count). The summed E-state index contributed by atoms with van der Waals surface area (Å²) in [5.74, 6) is 0.113. The van der Waals surface area contributed by atoms with E-state index in [4.69, 9.17) is 0 Å². The first-order valence-corrected chi connectivity index (χ1v) is 9.08. The maximum absolute atomic E-state index is 12.8. The standard InChI is InChI=1S/C19H19N3OS/c1-19(18-21-9-12-24-18)6-10-22(11-7-19)17(23)15-4-5-16-14(13-15)3-2-8-20-16/h2-5,8-9,12-13H,6-7,10-11H2,1H3. The zero-order valence-electron chi connectivity index (χ0n) is 13.6. The fourth-order valence-corrected chi connectivity index (χ4v) is 4.19. The second-order valence-corrected chi connectivity index (χ2v) is 7.50. The third-order valence-corrected chi connectivity index (χ3v) is 6.03. The van der Waals surface area contributed by atoms with Crippen LogP contribution < -0.4 is 0 Å². The Morgan fingerprint density at radius 3 is 2.75 bits per heavy atom. The molecule has 1 aliphatic heterocycles. The number of thiazole rings is 1. The maximum atomic E-state index is 12.8. The second-order valence-electron chi connectivity index (χ2n) is 6.60. The van der Waals surface area contributed by atoms with E-state index in [0.29, 0.717) is 0 Å². The minimum absolute atomic E-state index is 0.0955. The van der Waals surface area contributed by atoms with Crippen molar-refractivity contribution in [2.24, 2.45) is 0 Å². The number of amides is 1. The minimum Gasteiger partial charge on any atom is -0.339 e. The molecule has 1 amide bonds. The van der Waals surface area contributed by atoms with Crippen LogP contribution in [0.2, 0.25) is 0 Å². The van der Waals surface area contributed by atoms with Crippen LogP contribution in [0.3, 0.4) is 0 Å². The Balaban J connectivity index is 1.51. The molecule has 122 valence electrons. The van der Waals surface area contributed by atoms with Gasteiger partial charge in [-0.15, -0.1) is 11.3 Å². The molecule has 0 radical (unpaired) electrons. The Kier molecular flexibility index (Phi) is 3.81. The third kappa shape index (κ3) is 2.69. The summed E-state index contributed by atoms with van der Waals surface area (Å²) in [7, 11) is 0. The molecule has 1 fully saturated rings. The Hall–Kier alpha value is -2.27. The maximum Gasteiger partial charge on any atom is 0.253 e. The zero-order chi connectivity index (χ0) is 16.6. The quantitative estimate of drug-likeness (QED) is 0.713. The Labute approximate surface area is 145 Å². The summed E-state index contributed by atoms with van der Waals surface area (Å²) in [6.45, 7) is 3.81. The second kappa shape index (κ2) is 5.98. The van der Waals surface area contributed by atoms with Crippen molar-refractivity contribution in [3.05, 3.63) is 58.7 Å². The summed E-state index contributed by atoms with van der Waals surface area (Å²) in [6.07, 6.45) is 5.56. The normalized spacial score (nSPS) is 17.1. The largest absolute Gasteiger partial charge is 0.339 e. The molecule has 0 bridgehead atoms. The monoisotopic (exact) mass is 337 g/mol. The fraction of sp³-hybridized carbons (Fsp3) is 0.316. The van der Waals surface area contributed by atoms with Gasteiger partial charge in [-0.2, -0.15) is 0 Å². The summed E-state index contributed by atoms with van der Waals surface area (Å²) in [6, 6.07) is 9.64. The van der Waals surface area contributed by atoms with E-state index in [1.165, 1.54) is 5.01 Å². The SMILES string of the molecule is CC1(c2nccs2)CCN(C(=O)c2ccc3ncccc3c2)CC1. The summed E-state index contributed by atoms with van der Waals surface area (Å²) in [5.41, 5.74) is 1.76. The predicted molar refractivity (Wildman–Crippen MR) is 96.3 cm³/mol. The van der Waals surface area contributed by atoms with E-state index in [1.54, 1.807) is 17.5 Å². The third-order valence-electron chi connectivity index (χ3n) is 4.95. The highest BCUT2D eigenvalue weighted by molar-refractivity contribution is 7.09. The molecule has 0 aliphatic carbocycles. The van der Waals surface area contributed by atoms with Crippen molar-refractivity contribution < 1.29 is 4.79 Å². The lowest BCUT2D eigenvalue weighted by Crippen LogP contribution is -2.43. The average Bonchev–Trinajstić information content (AvgIpc) is 3.17. The van der Waals surface area contributed by atoms with Crippen LogP contribution in [-0.4, -0.2) is 33.9 Å². The van der Waals surface area contributed by atoms with Crippen molar-refractivity contribution in [1.29, 1.82) is 0 Å². The van der Waals surface area contributed by atoms with Crippen LogP contribution in [0.15, 0.2) is 48.1 Å². The molecular weight excluding hydrogens is 318 g/mol. The molecule has 0 N–H and O–H groups in total. The topological polar surface area (TPSA) is 46.1 Å². The van der Waals surface area contributed by atoms with Crippen molar-refractivity contribution >= 4 is 28.1 Å². The molecule has 24 heavy (non-hydrogen) atoms. The predicted octanol–water partition coefficient (Wildman–Crippen LogP) is 3.89. The Bertz CT molecular complexity index is 867. The van der Waals surface area contributed by atoms with Crippen molar-refractivity contribution in [3.8, 4) is 0 Å². The zero-order valence-corrected chi connectivity index (χ0v) is 14.4. The highest BCUT2D eigenvalue weighted by Crippen LogP contribution is 2.36. The number of rotatable bonds is 2. The Morgan fingerprint density at radius 1 is 1.17 bits per heavy atom. The molecule has 1 saturated heterocycles. The van der Waals surface area contributed by atoms with Gasteiger partial charge in [-0.3, -0.25) is 9.78 Å². The van der Waals surface area contributed by atoms with Crippen molar-refractivity contribution in [2.45, 2.75) is 25.2 Å². The molecule has 1 aliphatic rings. The van der Waals surface area contributed by atoms with Crippen LogP contribution in [0.25, 0.3) is 10.9 Å². The van der Waals surface area contributed by atoms with Crippen LogP contribution in [0.4, 0.5) is 0 Å². The van der Waals surface area contributed by atoms with Gasteiger partial charge in [0, 0.05) is 47.2 Å². The number of benzene rings is 1. The van der Waals surface area contributed by atoms with Gasteiger partial charge in [0.05, 0.1) is 10.5 Å². The first-order valence-electron chi connectivity index (χ1n) is 8.20. The molecular formula is C19H19N3OS. The van der Waals surface area contributed by atoms with Gasteiger partial charge in [-0.05, 0) is 37.1 Å². The van der Waals surface area contributed by atoms with E-state index >= 15 is 0 Å². The first kappa shape index (κ1) is 15.3. The minimum atomic E-state index is 0.0955. The average molecular weight is 337 g/mol. The molecule has 0 unspecified atom stereocenters. The van der Waals surface area contributed by atoms with Crippen LogP contribution in [0.1, 0.15) is 35.1 Å². The number of carbonyl (C=O) groups excluding carboxylic acids is 1. The van der Waals surface area contributed by atoms with Gasteiger partial charge in [0.25, 0.3) is 5.91 Å². The van der Waals surface area contributed by atoms with Gasteiger partial charge in [0.2, 0.25) is 0 Å². The number of pyridine rings is 1. The molecule has 4 nitrogen and oxygen atoms in total. The number of piperidine rings is 1. The lowest BCUT2D eigenvalue weighted by molar-refractivity contribution is 0.0676. The van der Waals surface area contributed by atoms with Gasteiger partial charge in [0.1, 0.15) is 0 Å². The molecule has 0 atom stereocenters. The van der Waals surface area contributed by atoms with E-state index in [-0.39, 0.29) is 11.3 Å². The van der Waals surface area contributed by atoms with E-state index in [2.05, 4.69) is 16.9 Å².